The van der Waals surface area contributed by atoms with Gasteiger partial charge in [-0.05, 0) is 168 Å². The van der Waals surface area contributed by atoms with Crippen molar-refractivity contribution in [2.45, 2.75) is 19.1 Å². The Hall–Kier alpha value is -1.02. The highest BCUT2D eigenvalue weighted by atomic mass is 127. The maximum absolute atomic E-state index is 12.5. The first-order valence-corrected chi connectivity index (χ1v) is 15.2. The van der Waals surface area contributed by atoms with Crippen molar-refractivity contribution in [3.8, 4) is 33.8 Å². The van der Waals surface area contributed by atoms with Crippen LogP contribution in [0.15, 0.2) is 72.8 Å². The summed E-state index contributed by atoms with van der Waals surface area (Å²) in [6.07, 6.45) is -8.83. The number of benzene rings is 4. The molecule has 0 aliphatic carbocycles. The molecule has 0 radical (unpaired) electrons. The number of rotatable bonds is 6. The highest BCUT2D eigenvalue weighted by Gasteiger charge is 2.31. The Kier molecular flexibility index (Phi) is 9.88. The molecule has 0 heterocycles. The van der Waals surface area contributed by atoms with Gasteiger partial charge in [-0.1, -0.05) is 24.3 Å². The molecule has 204 valence electrons. The molecule has 4 aromatic carbocycles. The second kappa shape index (κ2) is 12.5. The van der Waals surface area contributed by atoms with E-state index in [1.54, 1.807) is 24.3 Å². The van der Waals surface area contributed by atoms with E-state index in [1.807, 2.05) is 24.3 Å². The average molecular weight is 992 g/mol. The molecule has 0 spiro atoms. The van der Waals surface area contributed by atoms with E-state index in [0.717, 1.165) is 47.7 Å². The molecule has 12 heteroatoms. The fourth-order valence-corrected chi connectivity index (χ4v) is 8.93. The quantitative estimate of drug-likeness (QED) is 0.142. The van der Waals surface area contributed by atoms with E-state index < -0.39 is 12.7 Å². The van der Waals surface area contributed by atoms with E-state index in [1.165, 1.54) is 24.3 Å². The minimum atomic E-state index is -4.74. The molecule has 4 aromatic rings. The summed E-state index contributed by atoms with van der Waals surface area (Å²) in [6, 6.07) is 19.8. The van der Waals surface area contributed by atoms with Crippen molar-refractivity contribution in [2.24, 2.45) is 0 Å². The van der Waals surface area contributed by atoms with Gasteiger partial charge in [0.2, 0.25) is 0 Å². The molecule has 0 unspecified atom stereocenters. The summed E-state index contributed by atoms with van der Waals surface area (Å²) in [6.45, 7) is 0. The van der Waals surface area contributed by atoms with Gasteiger partial charge in [-0.3, -0.25) is 0 Å². The first-order chi connectivity index (χ1) is 18.2. The minimum absolute atomic E-state index is 0.272. The number of ether oxygens (including phenoxy) is 2. The van der Waals surface area contributed by atoms with Crippen molar-refractivity contribution in [1.82, 2.24) is 0 Å². The van der Waals surface area contributed by atoms with Gasteiger partial charge in [-0.2, -0.15) is 0 Å². The molecule has 0 saturated heterocycles. The van der Waals surface area contributed by atoms with E-state index in [9.17, 15) is 26.3 Å². The van der Waals surface area contributed by atoms with Crippen LogP contribution in [0.2, 0.25) is 0 Å². The second-order valence-corrected chi connectivity index (χ2v) is 12.8. The van der Waals surface area contributed by atoms with Crippen LogP contribution in [0.25, 0.3) is 22.3 Å². The Morgan fingerprint density at radius 2 is 0.769 bits per heavy atom. The van der Waals surface area contributed by atoms with Crippen LogP contribution >= 0.6 is 90.4 Å². The maximum atomic E-state index is 12.5. The van der Waals surface area contributed by atoms with Gasteiger partial charge >= 0.3 is 12.7 Å². The van der Waals surface area contributed by atoms with Gasteiger partial charge in [0.05, 0.1) is 0 Å². The van der Waals surface area contributed by atoms with E-state index >= 15 is 0 Å². The topological polar surface area (TPSA) is 18.5 Å². The van der Waals surface area contributed by atoms with Crippen LogP contribution in [0, 0.1) is 14.3 Å². The summed E-state index contributed by atoms with van der Waals surface area (Å²) in [4.78, 5) is 0. The fourth-order valence-electron chi connectivity index (χ4n) is 3.89. The van der Waals surface area contributed by atoms with Gasteiger partial charge in [0.25, 0.3) is 0 Å². The smallest absolute Gasteiger partial charge is 0.406 e. The molecule has 0 fully saturated rings. The van der Waals surface area contributed by atoms with Crippen molar-refractivity contribution in [1.29, 1.82) is 0 Å². The van der Waals surface area contributed by atoms with Crippen molar-refractivity contribution >= 4 is 90.4 Å². The van der Waals surface area contributed by atoms with Crippen LogP contribution < -0.4 is 9.47 Å². The van der Waals surface area contributed by atoms with Crippen LogP contribution in [-0.2, 0) is 6.42 Å². The Morgan fingerprint density at radius 3 is 1.03 bits per heavy atom. The van der Waals surface area contributed by atoms with Crippen LogP contribution in [0.5, 0.6) is 11.5 Å². The molecule has 0 aromatic heterocycles. The Labute approximate surface area is 274 Å². The molecular formula is C27H14F6I4O2. The summed E-state index contributed by atoms with van der Waals surface area (Å²) in [5, 5.41) is 0. The van der Waals surface area contributed by atoms with Crippen LogP contribution in [-0.4, -0.2) is 12.7 Å². The Morgan fingerprint density at radius 1 is 0.487 bits per heavy atom. The zero-order valence-electron chi connectivity index (χ0n) is 19.2. The third kappa shape index (κ3) is 8.50. The van der Waals surface area contributed by atoms with Gasteiger partial charge in [0, 0.05) is 25.4 Å². The minimum Gasteiger partial charge on any atom is -0.406 e. The fraction of sp³-hybridized carbons (Fsp3) is 0.111. The van der Waals surface area contributed by atoms with Crippen LogP contribution in [0.3, 0.4) is 0 Å². The van der Waals surface area contributed by atoms with Gasteiger partial charge in [-0.25, -0.2) is 0 Å². The number of alkyl halides is 6. The number of halogens is 10. The van der Waals surface area contributed by atoms with Crippen molar-refractivity contribution in [2.75, 3.05) is 0 Å². The molecule has 0 aliphatic heterocycles. The van der Waals surface area contributed by atoms with E-state index in [2.05, 4.69) is 99.8 Å². The summed E-state index contributed by atoms with van der Waals surface area (Å²) in [7, 11) is 0. The zero-order chi connectivity index (χ0) is 28.5. The number of hydrogen-bond donors (Lipinski definition) is 0. The largest absolute Gasteiger partial charge is 0.573 e. The molecule has 0 atom stereocenters. The molecule has 2 nitrogen and oxygen atoms in total. The molecular weight excluding hydrogens is 978 g/mol. The summed E-state index contributed by atoms with van der Waals surface area (Å²) in [5.41, 5.74) is 5.55. The van der Waals surface area contributed by atoms with Crippen LogP contribution in [0.1, 0.15) is 11.1 Å². The predicted molar refractivity (Wildman–Crippen MR) is 171 cm³/mol. The lowest BCUT2D eigenvalue weighted by molar-refractivity contribution is -0.275. The third-order valence-corrected chi connectivity index (χ3v) is 8.77. The average Bonchev–Trinajstić information content (AvgIpc) is 2.78. The van der Waals surface area contributed by atoms with Gasteiger partial charge in [0.1, 0.15) is 11.5 Å². The lowest BCUT2D eigenvalue weighted by Crippen LogP contribution is -2.16. The molecule has 0 saturated carbocycles. The van der Waals surface area contributed by atoms with Gasteiger partial charge in [0.15, 0.2) is 0 Å². The maximum Gasteiger partial charge on any atom is 0.573 e. The lowest BCUT2D eigenvalue weighted by atomic mass is 9.98. The molecule has 0 bridgehead atoms. The molecule has 0 amide bonds. The number of hydrogen-bond acceptors (Lipinski definition) is 2. The molecule has 0 N–H and O–H groups in total. The van der Waals surface area contributed by atoms with Crippen LogP contribution in [0.4, 0.5) is 26.3 Å². The van der Waals surface area contributed by atoms with E-state index in [4.69, 9.17) is 0 Å². The van der Waals surface area contributed by atoms with Crippen molar-refractivity contribution < 1.29 is 35.8 Å². The Balaban J connectivity index is 1.55. The summed E-state index contributed by atoms with van der Waals surface area (Å²) >= 11 is 8.90. The molecule has 0 aliphatic rings. The zero-order valence-corrected chi connectivity index (χ0v) is 27.9. The second-order valence-electron chi connectivity index (χ2n) is 8.19. The summed E-state index contributed by atoms with van der Waals surface area (Å²) < 4.78 is 86.6. The normalized spacial score (nSPS) is 11.9. The summed E-state index contributed by atoms with van der Waals surface area (Å²) in [5.74, 6) is -0.544. The van der Waals surface area contributed by atoms with E-state index in [0.29, 0.717) is 6.42 Å². The van der Waals surface area contributed by atoms with Crippen molar-refractivity contribution in [3.63, 3.8) is 0 Å². The predicted octanol–water partition coefficient (Wildman–Crippen LogP) is 10.8. The van der Waals surface area contributed by atoms with E-state index in [-0.39, 0.29) is 11.5 Å². The first-order valence-electron chi connectivity index (χ1n) is 10.9. The van der Waals surface area contributed by atoms with Gasteiger partial charge < -0.3 is 9.47 Å². The molecule has 39 heavy (non-hydrogen) atoms. The first kappa shape index (κ1) is 30.9. The standard InChI is InChI=1S/C27H14F6I4O2/c28-26(29,30)38-18-5-1-16(2-6-18)24-20(34)10-14(11-21(24)35)9-15-12-22(36)25(23(37)13-15)17-3-7-19(8-4-17)39-27(31,32)33/h1-8,10-13H,9H2. The monoisotopic (exact) mass is 992 g/mol. The SMILES string of the molecule is FC(F)(F)Oc1ccc(-c2c(I)cc(Cc3cc(I)c(-c4ccc(OC(F)(F)F)cc4)c(I)c3)cc2I)cc1. The lowest BCUT2D eigenvalue weighted by Gasteiger charge is -2.15. The third-order valence-electron chi connectivity index (χ3n) is 5.37. The molecule has 4 rings (SSSR count). The highest BCUT2D eigenvalue weighted by Crippen LogP contribution is 2.36. The van der Waals surface area contributed by atoms with Crippen molar-refractivity contribution in [3.05, 3.63) is 98.2 Å². The Bertz CT molecular complexity index is 1330. The highest BCUT2D eigenvalue weighted by molar-refractivity contribution is 14.1. The van der Waals surface area contributed by atoms with Gasteiger partial charge in [-0.15, -0.1) is 26.3 Å².